The molecule has 1 aromatic carbocycles. The predicted octanol–water partition coefficient (Wildman–Crippen LogP) is 2.84. The van der Waals surface area contributed by atoms with Gasteiger partial charge in [0.25, 0.3) is 9.05 Å². The van der Waals surface area contributed by atoms with Crippen molar-refractivity contribution in [1.82, 2.24) is 0 Å². The van der Waals surface area contributed by atoms with Gasteiger partial charge in [0, 0.05) is 26.1 Å². The van der Waals surface area contributed by atoms with Crippen LogP contribution in [-0.2, 0) is 9.05 Å². The molecule has 2 rings (SSSR count). The minimum atomic E-state index is -3.66. The van der Waals surface area contributed by atoms with Crippen molar-refractivity contribution in [2.24, 2.45) is 0 Å². The summed E-state index contributed by atoms with van der Waals surface area (Å²) in [5.41, 5.74) is 0. The zero-order valence-electron chi connectivity index (χ0n) is 7.73. The Balaban J connectivity index is 2.73. The topological polar surface area (TPSA) is 43.4 Å². The zero-order chi connectivity index (χ0) is 11.1. The van der Waals surface area contributed by atoms with E-state index in [-0.39, 0.29) is 4.90 Å². The Morgan fingerprint density at radius 1 is 1.40 bits per heavy atom. The van der Waals surface area contributed by atoms with Crippen LogP contribution in [0.5, 0.6) is 5.75 Å². The number of methoxy groups -OCH3 is 1. The van der Waals surface area contributed by atoms with Gasteiger partial charge in [0.05, 0.1) is 7.11 Å². The predicted molar refractivity (Wildman–Crippen MR) is 61.4 cm³/mol. The van der Waals surface area contributed by atoms with Crippen molar-refractivity contribution in [3.63, 3.8) is 0 Å². The van der Waals surface area contributed by atoms with Crippen LogP contribution in [0.4, 0.5) is 0 Å². The van der Waals surface area contributed by atoms with Gasteiger partial charge in [-0.3, -0.25) is 0 Å². The average Bonchev–Trinajstić information content (AvgIpc) is 2.59. The lowest BCUT2D eigenvalue weighted by atomic mass is 10.2. The number of hydrogen-bond donors (Lipinski definition) is 0. The van der Waals surface area contributed by atoms with Crippen LogP contribution in [0.3, 0.4) is 0 Å². The molecule has 0 atom stereocenters. The molecule has 0 spiro atoms. The van der Waals surface area contributed by atoms with E-state index in [1.54, 1.807) is 25.3 Å². The van der Waals surface area contributed by atoms with Crippen LogP contribution in [0.2, 0.25) is 0 Å². The first-order valence-electron chi connectivity index (χ1n) is 4.02. The SMILES string of the molecule is COc1ccc2c(S(=O)(=O)Cl)csc2c1. The molecule has 0 amide bonds. The quantitative estimate of drug-likeness (QED) is 0.782. The smallest absolute Gasteiger partial charge is 0.262 e. The number of benzene rings is 1. The molecule has 0 fully saturated rings. The van der Waals surface area contributed by atoms with E-state index in [9.17, 15) is 8.42 Å². The Bertz CT molecular complexity index is 601. The summed E-state index contributed by atoms with van der Waals surface area (Å²) >= 11 is 1.33. The molecule has 0 radical (unpaired) electrons. The first kappa shape index (κ1) is 10.7. The van der Waals surface area contributed by atoms with E-state index in [1.165, 1.54) is 16.7 Å². The van der Waals surface area contributed by atoms with Crippen LogP contribution in [0, 0.1) is 0 Å². The highest BCUT2D eigenvalue weighted by Gasteiger charge is 2.16. The number of halogens is 1. The fraction of sp³-hybridized carbons (Fsp3) is 0.111. The lowest BCUT2D eigenvalue weighted by Crippen LogP contribution is -1.88. The fourth-order valence-corrected chi connectivity index (χ4v) is 3.84. The highest BCUT2D eigenvalue weighted by Crippen LogP contribution is 2.33. The minimum absolute atomic E-state index is 0.159. The summed E-state index contributed by atoms with van der Waals surface area (Å²) in [5, 5.41) is 2.17. The van der Waals surface area contributed by atoms with E-state index in [2.05, 4.69) is 0 Å². The summed E-state index contributed by atoms with van der Waals surface area (Å²) in [6.45, 7) is 0. The third kappa shape index (κ3) is 1.95. The molecular weight excluding hydrogens is 256 g/mol. The molecule has 0 bridgehead atoms. The van der Waals surface area contributed by atoms with E-state index < -0.39 is 9.05 Å². The van der Waals surface area contributed by atoms with Gasteiger partial charge < -0.3 is 4.74 Å². The molecule has 3 nitrogen and oxygen atoms in total. The van der Waals surface area contributed by atoms with Crippen LogP contribution in [0.1, 0.15) is 0 Å². The molecule has 0 N–H and O–H groups in total. The molecule has 1 heterocycles. The number of fused-ring (bicyclic) bond motifs is 1. The van der Waals surface area contributed by atoms with E-state index >= 15 is 0 Å². The number of hydrogen-bond acceptors (Lipinski definition) is 4. The second-order valence-corrected chi connectivity index (χ2v) is 6.35. The molecule has 80 valence electrons. The Kier molecular flexibility index (Phi) is 2.62. The van der Waals surface area contributed by atoms with Gasteiger partial charge in [-0.2, -0.15) is 0 Å². The zero-order valence-corrected chi connectivity index (χ0v) is 10.1. The first-order valence-corrected chi connectivity index (χ1v) is 7.21. The molecule has 0 aliphatic rings. The minimum Gasteiger partial charge on any atom is -0.497 e. The van der Waals surface area contributed by atoms with Gasteiger partial charge in [0.15, 0.2) is 0 Å². The lowest BCUT2D eigenvalue weighted by Gasteiger charge is -1.99. The van der Waals surface area contributed by atoms with Gasteiger partial charge in [0.1, 0.15) is 10.6 Å². The maximum absolute atomic E-state index is 11.2. The Hall–Kier alpha value is -0.780. The van der Waals surface area contributed by atoms with Crippen molar-refractivity contribution >= 4 is 41.2 Å². The molecule has 6 heteroatoms. The molecule has 0 aliphatic carbocycles. The Morgan fingerprint density at radius 2 is 2.13 bits per heavy atom. The van der Waals surface area contributed by atoms with Gasteiger partial charge in [-0.1, -0.05) is 0 Å². The van der Waals surface area contributed by atoms with Crippen molar-refractivity contribution in [3.8, 4) is 5.75 Å². The third-order valence-corrected chi connectivity index (χ3v) is 4.47. The standard InChI is InChI=1S/C9H7ClO3S2/c1-13-6-2-3-7-8(4-6)14-5-9(7)15(10,11)12/h2-5H,1H3. The third-order valence-electron chi connectivity index (χ3n) is 2.01. The summed E-state index contributed by atoms with van der Waals surface area (Å²) in [7, 11) is 3.20. The number of rotatable bonds is 2. The molecule has 2 aromatic rings. The first-order chi connectivity index (χ1) is 7.02. The normalized spacial score (nSPS) is 11.9. The maximum atomic E-state index is 11.2. The molecule has 0 saturated carbocycles. The van der Waals surface area contributed by atoms with Crippen LogP contribution >= 0.6 is 22.0 Å². The second-order valence-electron chi connectivity index (χ2n) is 2.90. The molecule has 0 saturated heterocycles. The van der Waals surface area contributed by atoms with E-state index in [0.29, 0.717) is 11.1 Å². The summed E-state index contributed by atoms with van der Waals surface area (Å²) in [5.74, 6) is 0.697. The van der Waals surface area contributed by atoms with Crippen molar-refractivity contribution in [1.29, 1.82) is 0 Å². The van der Waals surface area contributed by atoms with Crippen molar-refractivity contribution in [3.05, 3.63) is 23.6 Å². The van der Waals surface area contributed by atoms with Crippen LogP contribution in [0.25, 0.3) is 10.1 Å². The second kappa shape index (κ2) is 3.66. The van der Waals surface area contributed by atoms with Crippen molar-refractivity contribution in [2.45, 2.75) is 4.90 Å². The van der Waals surface area contributed by atoms with Crippen LogP contribution < -0.4 is 4.74 Å². The number of thiophene rings is 1. The van der Waals surface area contributed by atoms with Gasteiger partial charge in [0.2, 0.25) is 0 Å². The molecule has 0 aliphatic heterocycles. The highest BCUT2D eigenvalue weighted by atomic mass is 35.7. The van der Waals surface area contributed by atoms with Gasteiger partial charge in [-0.25, -0.2) is 8.42 Å². The van der Waals surface area contributed by atoms with Crippen LogP contribution in [0.15, 0.2) is 28.5 Å². The van der Waals surface area contributed by atoms with Gasteiger partial charge >= 0.3 is 0 Å². The highest BCUT2D eigenvalue weighted by molar-refractivity contribution is 8.14. The monoisotopic (exact) mass is 262 g/mol. The summed E-state index contributed by atoms with van der Waals surface area (Å²) in [4.78, 5) is 0.159. The van der Waals surface area contributed by atoms with Crippen LogP contribution in [-0.4, -0.2) is 15.5 Å². The van der Waals surface area contributed by atoms with Crippen molar-refractivity contribution in [2.75, 3.05) is 7.11 Å². The largest absolute Gasteiger partial charge is 0.497 e. The van der Waals surface area contributed by atoms with E-state index in [1.807, 2.05) is 0 Å². The molecule has 0 unspecified atom stereocenters. The average molecular weight is 263 g/mol. The van der Waals surface area contributed by atoms with E-state index in [4.69, 9.17) is 15.4 Å². The Morgan fingerprint density at radius 3 is 2.73 bits per heavy atom. The Labute approximate surface area is 95.7 Å². The number of ether oxygens (including phenoxy) is 1. The lowest BCUT2D eigenvalue weighted by molar-refractivity contribution is 0.415. The summed E-state index contributed by atoms with van der Waals surface area (Å²) in [6, 6.07) is 5.19. The van der Waals surface area contributed by atoms with Gasteiger partial charge in [-0.15, -0.1) is 11.3 Å². The summed E-state index contributed by atoms with van der Waals surface area (Å²) < 4.78 is 28.3. The summed E-state index contributed by atoms with van der Waals surface area (Å²) in [6.07, 6.45) is 0. The molecule has 1 aromatic heterocycles. The molecular formula is C9H7ClO3S2. The van der Waals surface area contributed by atoms with E-state index in [0.717, 1.165) is 4.70 Å². The van der Waals surface area contributed by atoms with Crippen molar-refractivity contribution < 1.29 is 13.2 Å². The molecule has 15 heavy (non-hydrogen) atoms. The maximum Gasteiger partial charge on any atom is 0.262 e. The fourth-order valence-electron chi connectivity index (χ4n) is 1.30. The van der Waals surface area contributed by atoms with Gasteiger partial charge in [-0.05, 0) is 18.2 Å².